The third-order valence-electron chi connectivity index (χ3n) is 9.73. The Hall–Kier alpha value is -5.69. The molecule has 272 valence electrons. The van der Waals surface area contributed by atoms with E-state index in [0.29, 0.717) is 11.3 Å². The number of hydrogen-bond acceptors (Lipinski definition) is 7. The van der Waals surface area contributed by atoms with Crippen molar-refractivity contribution in [3.63, 3.8) is 0 Å². The minimum absolute atomic E-state index is 0.0148. The molecule has 4 aromatic rings. The number of para-hydroxylation sites is 1. The van der Waals surface area contributed by atoms with Crippen molar-refractivity contribution in [2.75, 3.05) is 33.3 Å². The smallest absolute Gasteiger partial charge is 0.254 e. The molecule has 0 bridgehead atoms. The maximum atomic E-state index is 14.4. The highest BCUT2D eigenvalue weighted by Crippen LogP contribution is 2.26. The highest BCUT2D eigenvalue weighted by atomic mass is 16.5. The number of methoxy groups -OCH3 is 1. The van der Waals surface area contributed by atoms with Crippen molar-refractivity contribution in [1.82, 2.24) is 30.7 Å². The molecule has 13 nitrogen and oxygen atoms in total. The molecule has 2 aliphatic heterocycles. The number of carbonyl (C=O) groups excluding carboxylic acids is 5. The SMILES string of the molecule is COc1c(C)cc(C(=O)N2CCNC(=O)[C@H](Cc3ccccc3)NC(=O)[C@@H]3C[C@@H](O)CN3C(=O)[C@@H](Cc3c[nH]c4ccccc34)NC(=O)C2)cc1C. The van der Waals surface area contributed by atoms with Gasteiger partial charge in [0.1, 0.15) is 23.9 Å². The fourth-order valence-corrected chi connectivity index (χ4v) is 7.23. The number of nitrogens with one attached hydrogen (secondary N) is 4. The molecule has 0 spiro atoms. The van der Waals surface area contributed by atoms with Gasteiger partial charge in [-0.3, -0.25) is 24.0 Å². The van der Waals surface area contributed by atoms with E-state index in [1.54, 1.807) is 25.4 Å². The monoisotopic (exact) mass is 708 g/mol. The second-order valence-corrected chi connectivity index (χ2v) is 13.5. The summed E-state index contributed by atoms with van der Waals surface area (Å²) in [4.78, 5) is 75.7. The minimum Gasteiger partial charge on any atom is -0.496 e. The van der Waals surface area contributed by atoms with Gasteiger partial charge in [0.2, 0.25) is 23.6 Å². The van der Waals surface area contributed by atoms with Crippen LogP contribution in [0.4, 0.5) is 0 Å². The summed E-state index contributed by atoms with van der Waals surface area (Å²) >= 11 is 0. The van der Waals surface area contributed by atoms with Gasteiger partial charge in [0, 0.05) is 61.6 Å². The Balaban J connectivity index is 1.36. The van der Waals surface area contributed by atoms with Crippen LogP contribution in [-0.4, -0.2) is 107 Å². The second-order valence-electron chi connectivity index (χ2n) is 13.5. The van der Waals surface area contributed by atoms with Crippen molar-refractivity contribution in [2.45, 2.75) is 57.3 Å². The number of aliphatic hydroxyl groups is 1. The summed E-state index contributed by atoms with van der Waals surface area (Å²) in [5, 5.41) is 20.1. The molecule has 0 unspecified atom stereocenters. The molecule has 2 aliphatic rings. The molecule has 2 saturated heterocycles. The Morgan fingerprint density at radius 1 is 0.904 bits per heavy atom. The van der Waals surface area contributed by atoms with Gasteiger partial charge in [-0.15, -0.1) is 0 Å². The lowest BCUT2D eigenvalue weighted by atomic mass is 10.0. The summed E-state index contributed by atoms with van der Waals surface area (Å²) in [5.74, 6) is -2.04. The number of hydrogen-bond donors (Lipinski definition) is 5. The van der Waals surface area contributed by atoms with Crippen LogP contribution < -0.4 is 20.7 Å². The van der Waals surface area contributed by atoms with Crippen LogP contribution in [0.25, 0.3) is 10.9 Å². The average molecular weight is 709 g/mol. The molecule has 5 amide bonds. The number of nitrogens with zero attached hydrogens (tertiary/aromatic N) is 2. The van der Waals surface area contributed by atoms with Crippen LogP contribution in [-0.2, 0) is 32.0 Å². The zero-order chi connectivity index (χ0) is 36.9. The minimum atomic E-state index is -1.14. The zero-order valence-electron chi connectivity index (χ0n) is 29.5. The highest BCUT2D eigenvalue weighted by molar-refractivity contribution is 5.99. The van der Waals surface area contributed by atoms with Gasteiger partial charge in [-0.1, -0.05) is 48.5 Å². The summed E-state index contributed by atoms with van der Waals surface area (Å²) in [6.45, 7) is 3.06. The van der Waals surface area contributed by atoms with Crippen molar-refractivity contribution in [2.24, 2.45) is 0 Å². The first kappa shape index (κ1) is 36.1. The predicted molar refractivity (Wildman–Crippen MR) is 194 cm³/mol. The molecule has 2 fully saturated rings. The van der Waals surface area contributed by atoms with E-state index in [1.165, 1.54) is 9.80 Å². The molecule has 3 heterocycles. The maximum absolute atomic E-state index is 14.4. The molecule has 0 saturated carbocycles. The van der Waals surface area contributed by atoms with E-state index >= 15 is 0 Å². The molecule has 0 radical (unpaired) electrons. The number of rotatable bonds is 6. The molecule has 0 aliphatic carbocycles. The van der Waals surface area contributed by atoms with Crippen LogP contribution in [0.5, 0.6) is 5.75 Å². The van der Waals surface area contributed by atoms with E-state index in [9.17, 15) is 29.1 Å². The summed E-state index contributed by atoms with van der Waals surface area (Å²) in [6, 6.07) is 16.9. The lowest BCUT2D eigenvalue weighted by Gasteiger charge is -2.30. The van der Waals surface area contributed by atoms with Crippen molar-refractivity contribution in [3.8, 4) is 5.75 Å². The van der Waals surface area contributed by atoms with Gasteiger partial charge in [-0.05, 0) is 54.3 Å². The first-order valence-electron chi connectivity index (χ1n) is 17.4. The molecule has 6 rings (SSSR count). The molecule has 52 heavy (non-hydrogen) atoms. The number of carbonyl (C=O) groups is 5. The van der Waals surface area contributed by atoms with E-state index in [2.05, 4.69) is 20.9 Å². The van der Waals surface area contributed by atoms with Crippen molar-refractivity contribution in [3.05, 3.63) is 101 Å². The molecule has 1 aromatic heterocycles. The fraction of sp³-hybridized carbons (Fsp3) is 0.359. The summed E-state index contributed by atoms with van der Waals surface area (Å²) in [7, 11) is 1.56. The fourth-order valence-electron chi connectivity index (χ4n) is 7.23. The number of aryl methyl sites for hydroxylation is 2. The number of aromatic nitrogens is 1. The lowest BCUT2D eigenvalue weighted by molar-refractivity contribution is -0.142. The zero-order valence-corrected chi connectivity index (χ0v) is 29.5. The number of fused-ring (bicyclic) bond motifs is 2. The number of H-pyrrole nitrogens is 1. The number of ether oxygens (including phenoxy) is 1. The Kier molecular flexibility index (Phi) is 10.9. The number of aromatic amines is 1. The first-order chi connectivity index (χ1) is 25.0. The van der Waals surface area contributed by atoms with Gasteiger partial charge >= 0.3 is 0 Å². The molecule has 4 atom stereocenters. The van der Waals surface area contributed by atoms with E-state index in [4.69, 9.17) is 4.74 Å². The maximum Gasteiger partial charge on any atom is 0.254 e. The Bertz CT molecular complexity index is 1950. The quantitative estimate of drug-likeness (QED) is 0.203. The lowest BCUT2D eigenvalue weighted by Crippen LogP contribution is -2.57. The average Bonchev–Trinajstić information content (AvgIpc) is 3.73. The van der Waals surface area contributed by atoms with Crippen molar-refractivity contribution in [1.29, 1.82) is 0 Å². The summed E-state index contributed by atoms with van der Waals surface area (Å²) in [6.07, 6.45) is 0.996. The third kappa shape index (κ3) is 7.94. The van der Waals surface area contributed by atoms with Crippen molar-refractivity contribution < 1.29 is 33.8 Å². The largest absolute Gasteiger partial charge is 0.496 e. The third-order valence-corrected chi connectivity index (χ3v) is 9.73. The van der Waals surface area contributed by atoms with Gasteiger partial charge in [0.05, 0.1) is 19.8 Å². The Morgan fingerprint density at radius 2 is 1.62 bits per heavy atom. The van der Waals surface area contributed by atoms with Crippen LogP contribution in [0, 0.1) is 13.8 Å². The van der Waals surface area contributed by atoms with Gasteiger partial charge < -0.3 is 40.6 Å². The Morgan fingerprint density at radius 3 is 2.35 bits per heavy atom. The van der Waals surface area contributed by atoms with E-state index in [1.807, 2.05) is 68.4 Å². The highest BCUT2D eigenvalue weighted by Gasteiger charge is 2.43. The van der Waals surface area contributed by atoms with Crippen LogP contribution in [0.1, 0.15) is 39.0 Å². The normalized spacial score (nSPS) is 21.8. The summed E-state index contributed by atoms with van der Waals surface area (Å²) in [5.41, 5.74) is 4.24. The number of benzene rings is 3. The van der Waals surface area contributed by atoms with E-state index in [0.717, 1.165) is 33.2 Å². The Labute approximate surface area is 301 Å². The van der Waals surface area contributed by atoms with Gasteiger partial charge in [0.15, 0.2) is 0 Å². The van der Waals surface area contributed by atoms with Crippen LogP contribution in [0.15, 0.2) is 72.9 Å². The van der Waals surface area contributed by atoms with Crippen LogP contribution >= 0.6 is 0 Å². The van der Waals surface area contributed by atoms with Gasteiger partial charge in [-0.25, -0.2) is 0 Å². The van der Waals surface area contributed by atoms with Crippen LogP contribution in [0.3, 0.4) is 0 Å². The van der Waals surface area contributed by atoms with Crippen LogP contribution in [0.2, 0.25) is 0 Å². The standard InChI is InChI=1S/C39H44N6O7/c1-23-15-26(16-24(2)35(23)52-3)38(50)44-14-13-40-36(48)31(17-25-9-5-4-6-10-25)43-37(49)33-19-28(46)21-45(33)39(51)32(42-34(47)22-44)18-27-20-41-30-12-8-7-11-29(27)30/h4-12,15-16,20,28,31-33,41,46H,13-14,17-19,21-22H2,1-3H3,(H,40,48)(H,42,47)(H,43,49)/t28-,31+,32-,33+/m1/s1. The van der Waals surface area contributed by atoms with Gasteiger partial charge in [-0.2, -0.15) is 0 Å². The molecule has 5 N–H and O–H groups in total. The number of aliphatic hydroxyl groups excluding tert-OH is 1. The van der Waals surface area contributed by atoms with Gasteiger partial charge in [0.25, 0.3) is 5.91 Å². The molecular formula is C39H44N6O7. The number of amides is 5. The predicted octanol–water partition coefficient (Wildman–Crippen LogP) is 1.78. The molecule has 3 aromatic carbocycles. The summed E-state index contributed by atoms with van der Waals surface area (Å²) < 4.78 is 5.48. The first-order valence-corrected chi connectivity index (χ1v) is 17.4. The van der Waals surface area contributed by atoms with E-state index < -0.39 is 60.3 Å². The molecular weight excluding hydrogens is 664 g/mol. The van der Waals surface area contributed by atoms with Crippen molar-refractivity contribution >= 4 is 40.4 Å². The van der Waals surface area contributed by atoms with E-state index in [-0.39, 0.29) is 38.9 Å². The molecule has 13 heteroatoms. The second kappa shape index (κ2) is 15.7. The topological polar surface area (TPSA) is 173 Å².